The average molecular weight is 393 g/mol. The highest BCUT2D eigenvalue weighted by Gasteiger charge is 2.22. The summed E-state index contributed by atoms with van der Waals surface area (Å²) in [5.41, 5.74) is 5.21. The molecule has 0 spiro atoms. The van der Waals surface area contributed by atoms with Crippen LogP contribution in [0.1, 0.15) is 88.2 Å². The van der Waals surface area contributed by atoms with Crippen molar-refractivity contribution in [2.24, 2.45) is 5.92 Å². The minimum Gasteiger partial charge on any atom is -0.481 e. The molecule has 3 rings (SSSR count). The Bertz CT molecular complexity index is 737. The van der Waals surface area contributed by atoms with Gasteiger partial charge in [0, 0.05) is 6.42 Å². The van der Waals surface area contributed by atoms with E-state index in [9.17, 15) is 4.79 Å². The van der Waals surface area contributed by atoms with E-state index in [4.69, 9.17) is 5.11 Å². The topological polar surface area (TPSA) is 37.3 Å². The minimum atomic E-state index is -0.716. The molecule has 2 aromatic carbocycles. The number of benzene rings is 2. The summed E-state index contributed by atoms with van der Waals surface area (Å²) in [4.78, 5) is 10.6. The van der Waals surface area contributed by atoms with E-state index in [1.807, 2.05) is 0 Å². The van der Waals surface area contributed by atoms with Crippen LogP contribution >= 0.6 is 0 Å². The van der Waals surface area contributed by atoms with Crippen LogP contribution in [-0.2, 0) is 11.2 Å². The van der Waals surface area contributed by atoms with E-state index in [0.29, 0.717) is 6.42 Å². The molecule has 0 amide bonds. The molecule has 0 aliphatic heterocycles. The zero-order valence-electron chi connectivity index (χ0n) is 17.9. The van der Waals surface area contributed by atoms with E-state index in [1.165, 1.54) is 73.6 Å². The smallest absolute Gasteiger partial charge is 0.303 e. The second-order valence-electron chi connectivity index (χ2n) is 8.78. The molecule has 1 N–H and O–H groups in total. The summed E-state index contributed by atoms with van der Waals surface area (Å²) in [6.07, 6.45) is 12.8. The number of aliphatic carboxylic acids is 1. The minimum absolute atomic E-state index is 0.240. The van der Waals surface area contributed by atoms with Gasteiger partial charge in [-0.1, -0.05) is 81.1 Å². The molecule has 0 atom stereocenters. The second kappa shape index (κ2) is 11.2. The first-order valence-electron chi connectivity index (χ1n) is 11.6. The molecule has 1 saturated carbocycles. The number of aryl methyl sites for hydroxylation is 1. The Morgan fingerprint density at radius 2 is 1.48 bits per heavy atom. The third kappa shape index (κ3) is 6.73. The van der Waals surface area contributed by atoms with Crippen molar-refractivity contribution in [1.29, 1.82) is 0 Å². The Morgan fingerprint density at radius 1 is 0.862 bits per heavy atom. The van der Waals surface area contributed by atoms with E-state index >= 15 is 0 Å². The normalized spacial score (nSPS) is 19.2. The lowest BCUT2D eigenvalue weighted by Gasteiger charge is -2.29. The molecular weight excluding hydrogens is 356 g/mol. The summed E-state index contributed by atoms with van der Waals surface area (Å²) in [7, 11) is 0. The van der Waals surface area contributed by atoms with Crippen molar-refractivity contribution in [3.05, 3.63) is 59.7 Å². The molecule has 0 radical (unpaired) electrons. The highest BCUT2D eigenvalue weighted by atomic mass is 16.4. The van der Waals surface area contributed by atoms with Crippen LogP contribution in [0, 0.1) is 5.92 Å². The fourth-order valence-corrected chi connectivity index (χ4v) is 4.72. The van der Waals surface area contributed by atoms with Crippen LogP contribution in [0.15, 0.2) is 48.5 Å². The summed E-state index contributed by atoms with van der Waals surface area (Å²) in [5.74, 6) is 0.987. The Kier molecular flexibility index (Phi) is 8.34. The number of carboxylic acid groups (broad SMARTS) is 1. The van der Waals surface area contributed by atoms with Crippen molar-refractivity contribution >= 4 is 5.97 Å². The highest BCUT2D eigenvalue weighted by Crippen LogP contribution is 2.38. The first-order valence-corrected chi connectivity index (χ1v) is 11.6. The molecule has 1 aliphatic carbocycles. The Morgan fingerprint density at radius 3 is 2.07 bits per heavy atom. The van der Waals surface area contributed by atoms with Crippen LogP contribution in [-0.4, -0.2) is 11.1 Å². The highest BCUT2D eigenvalue weighted by molar-refractivity contribution is 5.66. The van der Waals surface area contributed by atoms with Gasteiger partial charge in [-0.2, -0.15) is 0 Å². The lowest BCUT2D eigenvalue weighted by Crippen LogP contribution is -2.13. The van der Waals surface area contributed by atoms with Gasteiger partial charge in [0.2, 0.25) is 0 Å². The largest absolute Gasteiger partial charge is 0.481 e. The number of hydrogen-bond donors (Lipinski definition) is 1. The van der Waals surface area contributed by atoms with Crippen molar-refractivity contribution in [3.8, 4) is 11.1 Å². The van der Waals surface area contributed by atoms with Crippen molar-refractivity contribution in [1.82, 2.24) is 0 Å². The maximum atomic E-state index is 10.6. The van der Waals surface area contributed by atoms with Gasteiger partial charge in [0.25, 0.3) is 0 Å². The van der Waals surface area contributed by atoms with Crippen molar-refractivity contribution in [2.45, 2.75) is 83.5 Å². The van der Waals surface area contributed by atoms with Crippen molar-refractivity contribution < 1.29 is 9.90 Å². The Hall–Kier alpha value is -2.09. The first kappa shape index (κ1) is 21.6. The predicted molar refractivity (Wildman–Crippen MR) is 121 cm³/mol. The number of rotatable bonds is 10. The van der Waals surface area contributed by atoms with Crippen LogP contribution in [0.4, 0.5) is 0 Å². The van der Waals surface area contributed by atoms with Gasteiger partial charge in [-0.05, 0) is 72.6 Å². The van der Waals surface area contributed by atoms with E-state index < -0.39 is 5.97 Å². The van der Waals surface area contributed by atoms with Crippen LogP contribution in [0.3, 0.4) is 0 Å². The zero-order valence-corrected chi connectivity index (χ0v) is 17.9. The standard InChI is InChI=1S/C27H36O2/c1-2-3-4-6-21-9-13-23(14-10-21)25-17-19-26(20-18-25)24-15-11-22(12-16-24)7-5-8-27(28)29/h11-12,15-21,23H,2-10,13-14H2,1H3,(H,28,29). The molecule has 0 saturated heterocycles. The maximum absolute atomic E-state index is 10.6. The quantitative estimate of drug-likeness (QED) is 0.422. The third-order valence-electron chi connectivity index (χ3n) is 6.59. The van der Waals surface area contributed by atoms with Gasteiger partial charge < -0.3 is 5.11 Å². The van der Waals surface area contributed by atoms with Crippen LogP contribution in [0.2, 0.25) is 0 Å². The van der Waals surface area contributed by atoms with E-state index in [-0.39, 0.29) is 6.42 Å². The number of hydrogen-bond acceptors (Lipinski definition) is 1. The van der Waals surface area contributed by atoms with E-state index in [2.05, 4.69) is 55.5 Å². The number of carboxylic acids is 1. The lowest BCUT2D eigenvalue weighted by molar-refractivity contribution is -0.137. The summed E-state index contributed by atoms with van der Waals surface area (Å²) in [6, 6.07) is 17.8. The van der Waals surface area contributed by atoms with Gasteiger partial charge in [0.1, 0.15) is 0 Å². The molecule has 156 valence electrons. The second-order valence-corrected chi connectivity index (χ2v) is 8.78. The van der Waals surface area contributed by atoms with Gasteiger partial charge >= 0.3 is 5.97 Å². The van der Waals surface area contributed by atoms with Crippen molar-refractivity contribution in [3.63, 3.8) is 0 Å². The molecule has 29 heavy (non-hydrogen) atoms. The molecule has 2 heteroatoms. The summed E-state index contributed by atoms with van der Waals surface area (Å²) >= 11 is 0. The molecule has 0 heterocycles. The van der Waals surface area contributed by atoms with E-state index in [0.717, 1.165) is 18.3 Å². The fraction of sp³-hybridized carbons (Fsp3) is 0.519. The molecule has 0 aromatic heterocycles. The van der Waals surface area contributed by atoms with Crippen LogP contribution in [0.25, 0.3) is 11.1 Å². The SMILES string of the molecule is CCCCCC1CCC(c2ccc(-c3ccc(CCCC(=O)O)cc3)cc2)CC1. The number of unbranched alkanes of at least 4 members (excludes halogenated alkanes) is 2. The van der Waals surface area contributed by atoms with Gasteiger partial charge in [-0.25, -0.2) is 0 Å². The van der Waals surface area contributed by atoms with Gasteiger partial charge in [-0.3, -0.25) is 4.79 Å². The Labute approximate surface area is 176 Å². The maximum Gasteiger partial charge on any atom is 0.303 e. The van der Waals surface area contributed by atoms with Crippen LogP contribution < -0.4 is 0 Å². The molecule has 0 unspecified atom stereocenters. The van der Waals surface area contributed by atoms with Gasteiger partial charge in [-0.15, -0.1) is 0 Å². The lowest BCUT2D eigenvalue weighted by atomic mass is 9.77. The van der Waals surface area contributed by atoms with Gasteiger partial charge in [0.15, 0.2) is 0 Å². The summed E-state index contributed by atoms with van der Waals surface area (Å²) in [5, 5.41) is 8.76. The Balaban J connectivity index is 1.50. The summed E-state index contributed by atoms with van der Waals surface area (Å²) < 4.78 is 0. The zero-order chi connectivity index (χ0) is 20.5. The number of carbonyl (C=O) groups is 1. The third-order valence-corrected chi connectivity index (χ3v) is 6.59. The molecule has 2 nitrogen and oxygen atoms in total. The van der Waals surface area contributed by atoms with Gasteiger partial charge in [0.05, 0.1) is 0 Å². The molecular formula is C27H36O2. The van der Waals surface area contributed by atoms with Crippen molar-refractivity contribution in [2.75, 3.05) is 0 Å². The molecule has 0 bridgehead atoms. The molecule has 1 fully saturated rings. The van der Waals surface area contributed by atoms with Crippen LogP contribution in [0.5, 0.6) is 0 Å². The fourth-order valence-electron chi connectivity index (χ4n) is 4.72. The first-order chi connectivity index (χ1) is 14.2. The average Bonchev–Trinajstić information content (AvgIpc) is 2.75. The summed E-state index contributed by atoms with van der Waals surface area (Å²) in [6.45, 7) is 2.29. The molecule has 1 aliphatic rings. The van der Waals surface area contributed by atoms with E-state index in [1.54, 1.807) is 0 Å². The molecule has 2 aromatic rings. The predicted octanol–water partition coefficient (Wildman–Crippen LogP) is 7.62. The monoisotopic (exact) mass is 392 g/mol.